The number of nitriles is 1. The van der Waals surface area contributed by atoms with Crippen LogP contribution in [0.15, 0.2) is 59.4 Å². The lowest BCUT2D eigenvalue weighted by molar-refractivity contribution is 0.299. The first-order chi connectivity index (χ1) is 12.6. The molecule has 130 valence electrons. The first kappa shape index (κ1) is 17.5. The second-order valence-electron chi connectivity index (χ2n) is 6.23. The second-order valence-corrected chi connectivity index (χ2v) is 6.23. The molecule has 0 aliphatic carbocycles. The van der Waals surface area contributed by atoms with Gasteiger partial charge in [0.25, 0.3) is 5.56 Å². The van der Waals surface area contributed by atoms with Gasteiger partial charge in [0.1, 0.15) is 12.4 Å². The van der Waals surface area contributed by atoms with E-state index in [9.17, 15) is 10.1 Å². The van der Waals surface area contributed by atoms with Crippen molar-refractivity contribution >= 4 is 0 Å². The predicted molar refractivity (Wildman–Crippen MR) is 101 cm³/mol. The van der Waals surface area contributed by atoms with Crippen molar-refractivity contribution in [1.29, 1.82) is 5.26 Å². The molecule has 0 radical (unpaired) electrons. The SMILES string of the molecule is Cc1[nH]c(=O)c(C)c(OCc2ccccc2C#N)c1Cc1ccccc1. The molecule has 0 bridgehead atoms. The maximum absolute atomic E-state index is 12.2. The molecule has 4 nitrogen and oxygen atoms in total. The van der Waals surface area contributed by atoms with Gasteiger partial charge in [-0.15, -0.1) is 0 Å². The van der Waals surface area contributed by atoms with E-state index in [0.29, 0.717) is 23.3 Å². The molecule has 0 aliphatic heterocycles. The summed E-state index contributed by atoms with van der Waals surface area (Å²) in [6, 6.07) is 19.6. The largest absolute Gasteiger partial charge is 0.488 e. The minimum Gasteiger partial charge on any atom is -0.488 e. The zero-order chi connectivity index (χ0) is 18.5. The van der Waals surface area contributed by atoms with Crippen molar-refractivity contribution in [2.75, 3.05) is 0 Å². The van der Waals surface area contributed by atoms with E-state index in [1.165, 1.54) is 0 Å². The summed E-state index contributed by atoms with van der Waals surface area (Å²) in [6.07, 6.45) is 0.666. The monoisotopic (exact) mass is 344 g/mol. The molecule has 0 atom stereocenters. The third kappa shape index (κ3) is 3.68. The number of aromatic amines is 1. The van der Waals surface area contributed by atoms with Crippen molar-refractivity contribution in [1.82, 2.24) is 4.98 Å². The lowest BCUT2D eigenvalue weighted by Gasteiger charge is -2.16. The Bertz CT molecular complexity index is 1010. The minimum absolute atomic E-state index is 0.150. The molecule has 0 amide bonds. The van der Waals surface area contributed by atoms with Crippen LogP contribution >= 0.6 is 0 Å². The van der Waals surface area contributed by atoms with E-state index >= 15 is 0 Å². The van der Waals surface area contributed by atoms with Gasteiger partial charge < -0.3 is 9.72 Å². The molecule has 3 rings (SSSR count). The maximum atomic E-state index is 12.2. The van der Waals surface area contributed by atoms with E-state index < -0.39 is 0 Å². The quantitative estimate of drug-likeness (QED) is 0.760. The lowest BCUT2D eigenvalue weighted by atomic mass is 10.0. The Hall–Kier alpha value is -3.32. The van der Waals surface area contributed by atoms with Crippen molar-refractivity contribution in [3.8, 4) is 11.8 Å². The molecule has 1 N–H and O–H groups in total. The Balaban J connectivity index is 1.97. The summed E-state index contributed by atoms with van der Waals surface area (Å²) >= 11 is 0. The lowest BCUT2D eigenvalue weighted by Crippen LogP contribution is -2.16. The standard InChI is InChI=1S/C22H20N2O2/c1-15-21(26-14-19-11-7-6-10-18(19)13-23)20(16(2)24-22(15)25)12-17-8-4-3-5-9-17/h3-11H,12,14H2,1-2H3,(H,24,25). The van der Waals surface area contributed by atoms with Crippen LogP contribution in [-0.4, -0.2) is 4.98 Å². The average molecular weight is 344 g/mol. The van der Waals surface area contributed by atoms with Gasteiger partial charge in [-0.3, -0.25) is 4.79 Å². The molecule has 0 saturated carbocycles. The molecule has 0 fully saturated rings. The van der Waals surface area contributed by atoms with Crippen molar-refractivity contribution in [3.05, 3.63) is 98.5 Å². The Labute approximate surface area is 152 Å². The smallest absolute Gasteiger partial charge is 0.254 e. The number of hydrogen-bond donors (Lipinski definition) is 1. The Morgan fingerprint density at radius 2 is 1.73 bits per heavy atom. The van der Waals surface area contributed by atoms with Gasteiger partial charge in [-0.05, 0) is 25.5 Å². The van der Waals surface area contributed by atoms with Crippen molar-refractivity contribution < 1.29 is 4.74 Å². The van der Waals surface area contributed by atoms with Crippen LogP contribution in [0.1, 0.15) is 33.5 Å². The van der Waals surface area contributed by atoms with E-state index in [-0.39, 0.29) is 12.2 Å². The zero-order valence-electron chi connectivity index (χ0n) is 14.9. The Kier molecular flexibility index (Phi) is 5.19. The molecule has 1 aromatic heterocycles. The molecular formula is C22H20N2O2. The van der Waals surface area contributed by atoms with Crippen molar-refractivity contribution in [3.63, 3.8) is 0 Å². The van der Waals surface area contributed by atoms with Gasteiger partial charge in [0.2, 0.25) is 0 Å². The number of aromatic nitrogens is 1. The van der Waals surface area contributed by atoms with Crippen LogP contribution in [0.2, 0.25) is 0 Å². The Morgan fingerprint density at radius 1 is 1.04 bits per heavy atom. The number of benzene rings is 2. The van der Waals surface area contributed by atoms with Crippen LogP contribution < -0.4 is 10.3 Å². The number of ether oxygens (including phenoxy) is 1. The second kappa shape index (κ2) is 7.71. The molecule has 0 saturated heterocycles. The normalized spacial score (nSPS) is 10.3. The molecule has 0 unspecified atom stereocenters. The molecule has 2 aromatic carbocycles. The van der Waals surface area contributed by atoms with Gasteiger partial charge in [0.05, 0.1) is 17.2 Å². The molecule has 0 spiro atoms. The molecule has 4 heteroatoms. The molecule has 0 aliphatic rings. The predicted octanol–water partition coefficient (Wildman–Crippen LogP) is 4.03. The highest BCUT2D eigenvalue weighted by atomic mass is 16.5. The van der Waals surface area contributed by atoms with Crippen LogP contribution in [0, 0.1) is 25.2 Å². The third-order valence-electron chi connectivity index (χ3n) is 4.44. The van der Waals surface area contributed by atoms with Gasteiger partial charge >= 0.3 is 0 Å². The van der Waals surface area contributed by atoms with Crippen molar-refractivity contribution in [2.45, 2.75) is 26.9 Å². The fourth-order valence-corrected chi connectivity index (χ4v) is 2.95. The van der Waals surface area contributed by atoms with Gasteiger partial charge in [-0.1, -0.05) is 48.5 Å². The van der Waals surface area contributed by atoms with E-state index in [4.69, 9.17) is 4.74 Å². The maximum Gasteiger partial charge on any atom is 0.254 e. The average Bonchev–Trinajstić information content (AvgIpc) is 2.67. The fourth-order valence-electron chi connectivity index (χ4n) is 2.95. The highest BCUT2D eigenvalue weighted by Gasteiger charge is 2.15. The summed E-state index contributed by atoms with van der Waals surface area (Å²) in [5, 5.41) is 9.25. The summed E-state index contributed by atoms with van der Waals surface area (Å²) in [5.41, 5.74) is 4.69. The molecule has 3 aromatic rings. The van der Waals surface area contributed by atoms with Gasteiger partial charge in [0, 0.05) is 23.2 Å². The molecule has 1 heterocycles. The summed E-state index contributed by atoms with van der Waals surface area (Å²) < 4.78 is 6.06. The Morgan fingerprint density at radius 3 is 2.46 bits per heavy atom. The van der Waals surface area contributed by atoms with Crippen LogP contribution in [0.4, 0.5) is 0 Å². The van der Waals surface area contributed by atoms with Crippen molar-refractivity contribution in [2.24, 2.45) is 0 Å². The first-order valence-electron chi connectivity index (χ1n) is 8.47. The van der Waals surface area contributed by atoms with Crippen LogP contribution in [0.3, 0.4) is 0 Å². The van der Waals surface area contributed by atoms with E-state index in [1.54, 1.807) is 13.0 Å². The fraction of sp³-hybridized carbons (Fsp3) is 0.182. The number of aryl methyl sites for hydroxylation is 1. The molecule has 26 heavy (non-hydrogen) atoms. The first-order valence-corrected chi connectivity index (χ1v) is 8.47. The minimum atomic E-state index is -0.150. The highest BCUT2D eigenvalue weighted by Crippen LogP contribution is 2.27. The number of nitrogens with one attached hydrogen (secondary N) is 1. The highest BCUT2D eigenvalue weighted by molar-refractivity contribution is 5.45. The van der Waals surface area contributed by atoms with Crippen LogP contribution in [-0.2, 0) is 13.0 Å². The van der Waals surface area contributed by atoms with E-state index in [2.05, 4.69) is 23.2 Å². The third-order valence-corrected chi connectivity index (χ3v) is 4.44. The topological polar surface area (TPSA) is 65.9 Å². The number of rotatable bonds is 5. The van der Waals surface area contributed by atoms with Crippen LogP contribution in [0.5, 0.6) is 5.75 Å². The van der Waals surface area contributed by atoms with Gasteiger partial charge in [0.15, 0.2) is 0 Å². The summed E-state index contributed by atoms with van der Waals surface area (Å²) in [5.74, 6) is 0.600. The van der Waals surface area contributed by atoms with Gasteiger partial charge in [-0.2, -0.15) is 5.26 Å². The molecular weight excluding hydrogens is 324 g/mol. The van der Waals surface area contributed by atoms with Gasteiger partial charge in [-0.25, -0.2) is 0 Å². The zero-order valence-corrected chi connectivity index (χ0v) is 14.9. The number of pyridine rings is 1. The van der Waals surface area contributed by atoms with Crippen LogP contribution in [0.25, 0.3) is 0 Å². The number of hydrogen-bond acceptors (Lipinski definition) is 3. The number of H-pyrrole nitrogens is 1. The summed E-state index contributed by atoms with van der Waals surface area (Å²) in [7, 11) is 0. The van der Waals surface area contributed by atoms with E-state index in [1.807, 2.05) is 43.3 Å². The van der Waals surface area contributed by atoms with E-state index in [0.717, 1.165) is 22.4 Å². The summed E-state index contributed by atoms with van der Waals surface area (Å²) in [4.78, 5) is 15.1. The number of nitrogens with zero attached hydrogens (tertiary/aromatic N) is 1. The summed E-state index contributed by atoms with van der Waals surface area (Å²) in [6.45, 7) is 3.89.